The molecule has 0 aromatic rings. The molecule has 6 nitrogen and oxygen atoms in total. The molecule has 0 amide bonds. The highest BCUT2D eigenvalue weighted by atomic mass is 16.7. The summed E-state index contributed by atoms with van der Waals surface area (Å²) in [5.41, 5.74) is 0. The topological polar surface area (TPSA) is 81.8 Å². The summed E-state index contributed by atoms with van der Waals surface area (Å²) in [4.78, 5) is 10.2. The Kier molecular flexibility index (Phi) is 4.78. The Morgan fingerprint density at radius 2 is 2.07 bits per heavy atom. The van der Waals surface area contributed by atoms with E-state index in [9.17, 15) is 10.1 Å². The van der Waals surface area contributed by atoms with Gasteiger partial charge in [-0.2, -0.15) is 0 Å². The molecule has 0 aliphatic carbocycles. The second-order valence-corrected chi connectivity index (χ2v) is 3.20. The lowest BCUT2D eigenvalue weighted by atomic mass is 10.1. The first-order valence-electron chi connectivity index (χ1n) is 4.71. The Hall–Kier alpha value is -0.720. The van der Waals surface area contributed by atoms with E-state index in [1.165, 1.54) is 0 Å². The molecule has 1 aliphatic rings. The van der Waals surface area contributed by atoms with Crippen LogP contribution >= 0.6 is 0 Å². The van der Waals surface area contributed by atoms with Gasteiger partial charge < -0.3 is 14.6 Å². The SMILES string of the molecule is O=[N+]([O-])C(CCO)CCC1OCCO1. The van der Waals surface area contributed by atoms with Gasteiger partial charge in [0.15, 0.2) is 6.29 Å². The van der Waals surface area contributed by atoms with Gasteiger partial charge >= 0.3 is 0 Å². The second kappa shape index (κ2) is 5.90. The third kappa shape index (κ3) is 3.57. The van der Waals surface area contributed by atoms with Gasteiger partial charge in [-0.15, -0.1) is 0 Å². The van der Waals surface area contributed by atoms with Crippen molar-refractivity contribution in [3.63, 3.8) is 0 Å². The minimum atomic E-state index is -0.687. The van der Waals surface area contributed by atoms with Crippen molar-refractivity contribution in [3.8, 4) is 0 Å². The fraction of sp³-hybridized carbons (Fsp3) is 1.00. The summed E-state index contributed by atoms with van der Waals surface area (Å²) in [5, 5.41) is 19.1. The maximum Gasteiger partial charge on any atom is 0.215 e. The highest BCUT2D eigenvalue weighted by molar-refractivity contribution is 4.60. The van der Waals surface area contributed by atoms with Crippen LogP contribution < -0.4 is 0 Å². The quantitative estimate of drug-likeness (QED) is 0.493. The molecule has 1 rings (SSSR count). The lowest BCUT2D eigenvalue weighted by molar-refractivity contribution is -0.525. The molecule has 1 saturated heterocycles. The number of nitro groups is 1. The molecule has 1 fully saturated rings. The van der Waals surface area contributed by atoms with Gasteiger partial charge in [0.2, 0.25) is 6.04 Å². The highest BCUT2D eigenvalue weighted by Crippen LogP contribution is 2.14. The van der Waals surface area contributed by atoms with Crippen molar-refractivity contribution in [3.05, 3.63) is 10.1 Å². The van der Waals surface area contributed by atoms with Crippen LogP contribution in [0.5, 0.6) is 0 Å². The van der Waals surface area contributed by atoms with Crippen molar-refractivity contribution in [2.45, 2.75) is 31.6 Å². The van der Waals surface area contributed by atoms with Gasteiger partial charge in [-0.25, -0.2) is 0 Å². The number of hydrogen-bond acceptors (Lipinski definition) is 5. The number of rotatable bonds is 6. The maximum absolute atomic E-state index is 10.5. The summed E-state index contributed by atoms with van der Waals surface area (Å²) in [6, 6.07) is -0.687. The fourth-order valence-corrected chi connectivity index (χ4v) is 1.41. The van der Waals surface area contributed by atoms with E-state index in [0.717, 1.165) is 0 Å². The van der Waals surface area contributed by atoms with E-state index in [0.29, 0.717) is 26.1 Å². The van der Waals surface area contributed by atoms with Gasteiger partial charge in [-0.3, -0.25) is 10.1 Å². The van der Waals surface area contributed by atoms with Crippen LogP contribution in [0.15, 0.2) is 0 Å². The molecule has 0 saturated carbocycles. The third-order valence-electron chi connectivity index (χ3n) is 2.19. The summed E-state index contributed by atoms with van der Waals surface area (Å²) >= 11 is 0. The largest absolute Gasteiger partial charge is 0.396 e. The van der Waals surface area contributed by atoms with E-state index in [1.807, 2.05) is 0 Å². The molecule has 1 unspecified atom stereocenters. The first-order chi connectivity index (χ1) is 6.74. The summed E-state index contributed by atoms with van der Waals surface area (Å²) in [7, 11) is 0. The zero-order valence-corrected chi connectivity index (χ0v) is 7.92. The van der Waals surface area contributed by atoms with Crippen LogP contribution in [0, 0.1) is 10.1 Å². The number of aliphatic hydroxyl groups excluding tert-OH is 1. The standard InChI is InChI=1S/C8H15NO5/c10-4-3-7(9(11)12)1-2-8-13-5-6-14-8/h7-8,10H,1-6H2. The molecular formula is C8H15NO5. The molecule has 6 heteroatoms. The Labute approximate surface area is 82.0 Å². The van der Waals surface area contributed by atoms with Crippen molar-refractivity contribution in [1.29, 1.82) is 0 Å². The molecule has 1 heterocycles. The van der Waals surface area contributed by atoms with Gasteiger partial charge in [0.25, 0.3) is 0 Å². The smallest absolute Gasteiger partial charge is 0.215 e. The van der Waals surface area contributed by atoms with E-state index < -0.39 is 6.04 Å². The molecule has 0 aromatic carbocycles. The van der Waals surface area contributed by atoms with Crippen molar-refractivity contribution in [2.75, 3.05) is 19.8 Å². The average Bonchev–Trinajstić information content (AvgIpc) is 2.64. The molecule has 1 N–H and O–H groups in total. The molecular weight excluding hydrogens is 190 g/mol. The van der Waals surface area contributed by atoms with Crippen molar-refractivity contribution >= 4 is 0 Å². The van der Waals surface area contributed by atoms with Crippen LogP contribution in [-0.2, 0) is 9.47 Å². The number of aliphatic hydroxyl groups is 1. The number of nitrogens with zero attached hydrogens (tertiary/aromatic N) is 1. The van der Waals surface area contributed by atoms with Crippen LogP contribution in [-0.4, -0.2) is 42.2 Å². The number of hydrogen-bond donors (Lipinski definition) is 1. The minimum absolute atomic E-state index is 0.155. The minimum Gasteiger partial charge on any atom is -0.396 e. The fourth-order valence-electron chi connectivity index (χ4n) is 1.41. The predicted molar refractivity (Wildman–Crippen MR) is 47.4 cm³/mol. The summed E-state index contributed by atoms with van der Waals surface area (Å²) in [6.45, 7) is 0.972. The van der Waals surface area contributed by atoms with Gasteiger partial charge in [-0.1, -0.05) is 0 Å². The Balaban J connectivity index is 2.21. The van der Waals surface area contributed by atoms with E-state index in [1.54, 1.807) is 0 Å². The average molecular weight is 205 g/mol. The van der Waals surface area contributed by atoms with E-state index in [4.69, 9.17) is 14.6 Å². The van der Waals surface area contributed by atoms with Gasteiger partial charge in [0.1, 0.15) is 0 Å². The second-order valence-electron chi connectivity index (χ2n) is 3.20. The molecule has 0 bridgehead atoms. The van der Waals surface area contributed by atoms with Crippen molar-refractivity contribution in [2.24, 2.45) is 0 Å². The van der Waals surface area contributed by atoms with Gasteiger partial charge in [-0.05, 0) is 0 Å². The molecule has 0 spiro atoms. The maximum atomic E-state index is 10.5. The Morgan fingerprint density at radius 1 is 1.43 bits per heavy atom. The van der Waals surface area contributed by atoms with Crippen molar-refractivity contribution < 1.29 is 19.5 Å². The van der Waals surface area contributed by atoms with Crippen LogP contribution in [0.3, 0.4) is 0 Å². The first-order valence-corrected chi connectivity index (χ1v) is 4.71. The molecule has 1 aliphatic heterocycles. The van der Waals surface area contributed by atoms with E-state index in [2.05, 4.69) is 0 Å². The van der Waals surface area contributed by atoms with Crippen LogP contribution in [0.25, 0.3) is 0 Å². The number of ether oxygens (including phenoxy) is 2. The third-order valence-corrected chi connectivity index (χ3v) is 2.19. The van der Waals surface area contributed by atoms with E-state index in [-0.39, 0.29) is 24.2 Å². The summed E-state index contributed by atoms with van der Waals surface area (Å²) in [6.07, 6.45) is 0.806. The summed E-state index contributed by atoms with van der Waals surface area (Å²) in [5.74, 6) is 0. The molecule has 0 aromatic heterocycles. The summed E-state index contributed by atoms with van der Waals surface area (Å²) < 4.78 is 10.3. The predicted octanol–water partition coefficient (Wildman–Crippen LogP) is 0.167. The van der Waals surface area contributed by atoms with Crippen LogP contribution in [0.2, 0.25) is 0 Å². The normalized spacial score (nSPS) is 19.8. The Bertz CT molecular complexity index is 181. The van der Waals surface area contributed by atoms with Gasteiger partial charge in [0.05, 0.1) is 13.2 Å². The zero-order chi connectivity index (χ0) is 10.4. The molecule has 0 radical (unpaired) electrons. The Morgan fingerprint density at radius 3 is 2.57 bits per heavy atom. The van der Waals surface area contributed by atoms with Crippen LogP contribution in [0.1, 0.15) is 19.3 Å². The van der Waals surface area contributed by atoms with Gasteiger partial charge in [0, 0.05) is 30.8 Å². The van der Waals surface area contributed by atoms with Crippen molar-refractivity contribution in [1.82, 2.24) is 0 Å². The van der Waals surface area contributed by atoms with E-state index >= 15 is 0 Å². The lowest BCUT2D eigenvalue weighted by Gasteiger charge is -2.11. The van der Waals surface area contributed by atoms with Crippen LogP contribution in [0.4, 0.5) is 0 Å². The molecule has 82 valence electrons. The lowest BCUT2D eigenvalue weighted by Crippen LogP contribution is -2.23. The molecule has 1 atom stereocenters. The zero-order valence-electron chi connectivity index (χ0n) is 7.92. The highest BCUT2D eigenvalue weighted by Gasteiger charge is 2.23. The first kappa shape index (κ1) is 11.4. The monoisotopic (exact) mass is 205 g/mol. The molecule has 14 heavy (non-hydrogen) atoms.